The highest BCUT2D eigenvalue weighted by atomic mass is 35.5. The van der Waals surface area contributed by atoms with Gasteiger partial charge in [0.2, 0.25) is 6.08 Å². The summed E-state index contributed by atoms with van der Waals surface area (Å²) < 4.78 is 0. The van der Waals surface area contributed by atoms with Crippen molar-refractivity contribution in [2.45, 2.75) is 0 Å². The summed E-state index contributed by atoms with van der Waals surface area (Å²) in [5.74, 6) is -1.18. The fourth-order valence-electron chi connectivity index (χ4n) is 0.847. The Kier molecular flexibility index (Phi) is 2.80. The molecule has 1 aromatic rings. The Morgan fingerprint density at radius 1 is 1.54 bits per heavy atom. The first kappa shape index (κ1) is 9.45. The molecule has 0 radical (unpaired) electrons. The second-order valence-corrected chi connectivity index (χ2v) is 2.55. The third kappa shape index (κ3) is 1.93. The van der Waals surface area contributed by atoms with Gasteiger partial charge in [0, 0.05) is 0 Å². The van der Waals surface area contributed by atoms with Crippen molar-refractivity contribution in [1.29, 1.82) is 0 Å². The molecule has 0 unspecified atom stereocenters. The number of halogens is 1. The molecule has 0 saturated heterocycles. The predicted molar refractivity (Wildman–Crippen MR) is 46.2 cm³/mol. The molecule has 1 aromatic carbocycles. The highest BCUT2D eigenvalue weighted by Gasteiger charge is 2.11. The Labute approximate surface area is 78.5 Å². The van der Waals surface area contributed by atoms with Crippen LogP contribution in [0, 0.1) is 0 Å². The van der Waals surface area contributed by atoms with E-state index < -0.39 is 5.97 Å². The van der Waals surface area contributed by atoms with Crippen molar-refractivity contribution in [3.05, 3.63) is 28.8 Å². The van der Waals surface area contributed by atoms with E-state index in [4.69, 9.17) is 16.7 Å². The minimum absolute atomic E-state index is 0.0633. The van der Waals surface area contributed by atoms with Gasteiger partial charge >= 0.3 is 5.97 Å². The number of carboxylic acids is 1. The first-order valence-corrected chi connectivity index (χ1v) is 3.64. The van der Waals surface area contributed by atoms with Gasteiger partial charge in [0.25, 0.3) is 0 Å². The highest BCUT2D eigenvalue weighted by Crippen LogP contribution is 2.28. The van der Waals surface area contributed by atoms with Gasteiger partial charge in [-0.05, 0) is 12.1 Å². The van der Waals surface area contributed by atoms with Crippen LogP contribution in [0.5, 0.6) is 0 Å². The number of hydrogen-bond acceptors (Lipinski definition) is 3. The molecule has 0 spiro atoms. The molecule has 1 rings (SSSR count). The largest absolute Gasteiger partial charge is 0.478 e. The lowest BCUT2D eigenvalue weighted by atomic mass is 10.2. The Hall–Kier alpha value is -1.64. The Bertz CT molecular complexity index is 396. The first-order chi connectivity index (χ1) is 6.16. The van der Waals surface area contributed by atoms with Gasteiger partial charge in [-0.3, -0.25) is 0 Å². The second kappa shape index (κ2) is 3.85. The number of hydrogen-bond donors (Lipinski definition) is 1. The molecule has 0 bridgehead atoms. The van der Waals surface area contributed by atoms with Gasteiger partial charge in [-0.25, -0.2) is 9.59 Å². The van der Waals surface area contributed by atoms with E-state index in [-0.39, 0.29) is 16.3 Å². The fraction of sp³-hybridized carbons (Fsp3) is 0. The van der Waals surface area contributed by atoms with Crippen molar-refractivity contribution in [2.75, 3.05) is 0 Å². The van der Waals surface area contributed by atoms with E-state index in [1.807, 2.05) is 0 Å². The number of carboxylic acid groups (broad SMARTS) is 1. The van der Waals surface area contributed by atoms with Crippen LogP contribution < -0.4 is 0 Å². The normalized spacial score (nSPS) is 9.00. The van der Waals surface area contributed by atoms with Crippen LogP contribution in [-0.2, 0) is 4.79 Å². The number of aliphatic imine (C=N–C) groups is 1. The second-order valence-electron chi connectivity index (χ2n) is 2.14. The molecule has 1 N–H and O–H groups in total. The van der Waals surface area contributed by atoms with Crippen molar-refractivity contribution in [1.82, 2.24) is 0 Å². The SMILES string of the molecule is O=C=Nc1c(Cl)cccc1C(=O)O. The monoisotopic (exact) mass is 197 g/mol. The van der Waals surface area contributed by atoms with Crippen molar-refractivity contribution in [2.24, 2.45) is 4.99 Å². The number of isocyanates is 1. The summed E-state index contributed by atoms with van der Waals surface area (Å²) in [5, 5.41) is 8.78. The lowest BCUT2D eigenvalue weighted by Crippen LogP contribution is -1.96. The molecule has 0 aliphatic carbocycles. The number of carbonyl (C=O) groups excluding carboxylic acids is 1. The summed E-state index contributed by atoms with van der Waals surface area (Å²) in [4.78, 5) is 23.8. The molecule has 0 aliphatic rings. The zero-order valence-corrected chi connectivity index (χ0v) is 7.08. The average molecular weight is 198 g/mol. The van der Waals surface area contributed by atoms with E-state index >= 15 is 0 Å². The van der Waals surface area contributed by atoms with E-state index in [9.17, 15) is 9.59 Å². The molecule has 4 nitrogen and oxygen atoms in total. The number of para-hydroxylation sites is 1. The Morgan fingerprint density at radius 2 is 2.23 bits per heavy atom. The summed E-state index contributed by atoms with van der Waals surface area (Å²) in [5.41, 5.74) is -0.178. The van der Waals surface area contributed by atoms with Gasteiger partial charge in [0.1, 0.15) is 5.69 Å². The highest BCUT2D eigenvalue weighted by molar-refractivity contribution is 6.33. The molecule has 66 valence electrons. The van der Waals surface area contributed by atoms with Gasteiger partial charge in [-0.2, -0.15) is 4.99 Å². The van der Waals surface area contributed by atoms with Crippen LogP contribution in [0.3, 0.4) is 0 Å². The molecule has 0 atom stereocenters. The smallest absolute Gasteiger partial charge is 0.337 e. The summed E-state index contributed by atoms with van der Waals surface area (Å²) in [6.07, 6.45) is 1.25. The maximum atomic E-state index is 10.6. The predicted octanol–water partition coefficient (Wildman–Crippen LogP) is 2.01. The van der Waals surface area contributed by atoms with Crippen LogP contribution in [0.4, 0.5) is 5.69 Å². The molecule has 0 heterocycles. The van der Waals surface area contributed by atoms with Crippen LogP contribution in [0.15, 0.2) is 23.2 Å². The molecular weight excluding hydrogens is 194 g/mol. The Morgan fingerprint density at radius 3 is 2.77 bits per heavy atom. The zero-order valence-electron chi connectivity index (χ0n) is 6.32. The summed E-state index contributed by atoms with van der Waals surface area (Å²) in [6.45, 7) is 0. The minimum atomic E-state index is -1.18. The van der Waals surface area contributed by atoms with Crippen molar-refractivity contribution >= 4 is 29.3 Å². The van der Waals surface area contributed by atoms with E-state index in [2.05, 4.69) is 4.99 Å². The molecule has 13 heavy (non-hydrogen) atoms. The van der Waals surface area contributed by atoms with E-state index in [1.165, 1.54) is 24.3 Å². The van der Waals surface area contributed by atoms with Gasteiger partial charge in [-0.1, -0.05) is 17.7 Å². The number of carbonyl (C=O) groups is 1. The quantitative estimate of drug-likeness (QED) is 0.583. The van der Waals surface area contributed by atoms with Crippen LogP contribution in [0.2, 0.25) is 5.02 Å². The van der Waals surface area contributed by atoms with Gasteiger partial charge in [-0.15, -0.1) is 0 Å². The van der Waals surface area contributed by atoms with Gasteiger partial charge in [0.05, 0.1) is 10.6 Å². The number of nitrogens with zero attached hydrogens (tertiary/aromatic N) is 1. The summed E-state index contributed by atoms with van der Waals surface area (Å²) >= 11 is 5.62. The van der Waals surface area contributed by atoms with Crippen molar-refractivity contribution in [3.8, 4) is 0 Å². The number of benzene rings is 1. The zero-order chi connectivity index (χ0) is 9.84. The number of aromatic carboxylic acids is 1. The van der Waals surface area contributed by atoms with E-state index in [0.717, 1.165) is 0 Å². The molecule has 0 aliphatic heterocycles. The fourth-order valence-corrected chi connectivity index (χ4v) is 1.06. The topological polar surface area (TPSA) is 66.7 Å². The van der Waals surface area contributed by atoms with Crippen LogP contribution in [0.1, 0.15) is 10.4 Å². The molecule has 0 fully saturated rings. The summed E-state index contributed by atoms with van der Waals surface area (Å²) in [6, 6.07) is 4.23. The molecule has 5 heteroatoms. The van der Waals surface area contributed by atoms with Crippen LogP contribution in [-0.4, -0.2) is 17.2 Å². The van der Waals surface area contributed by atoms with Crippen molar-refractivity contribution in [3.63, 3.8) is 0 Å². The molecule has 0 saturated carbocycles. The molecule has 0 aromatic heterocycles. The number of rotatable bonds is 2. The van der Waals surface area contributed by atoms with Crippen molar-refractivity contribution < 1.29 is 14.7 Å². The first-order valence-electron chi connectivity index (χ1n) is 3.26. The Balaban J connectivity index is 3.42. The molecular formula is C8H4ClNO3. The average Bonchev–Trinajstić information content (AvgIpc) is 2.08. The molecule has 0 amide bonds. The van der Waals surface area contributed by atoms with Crippen LogP contribution >= 0.6 is 11.6 Å². The minimum Gasteiger partial charge on any atom is -0.478 e. The van der Waals surface area contributed by atoms with Gasteiger partial charge in [0.15, 0.2) is 0 Å². The maximum absolute atomic E-state index is 10.6. The van der Waals surface area contributed by atoms with Gasteiger partial charge < -0.3 is 5.11 Å². The third-order valence-electron chi connectivity index (χ3n) is 1.37. The standard InChI is InChI=1S/C8H4ClNO3/c9-6-3-1-2-5(8(12)13)7(6)10-4-11/h1-3H,(H,12,13). The van der Waals surface area contributed by atoms with E-state index in [0.29, 0.717) is 0 Å². The maximum Gasteiger partial charge on any atom is 0.337 e. The van der Waals surface area contributed by atoms with Crippen LogP contribution in [0.25, 0.3) is 0 Å². The lowest BCUT2D eigenvalue weighted by Gasteiger charge is -1.99. The summed E-state index contributed by atoms with van der Waals surface area (Å²) in [7, 11) is 0. The van der Waals surface area contributed by atoms with E-state index in [1.54, 1.807) is 0 Å². The lowest BCUT2D eigenvalue weighted by molar-refractivity contribution is 0.0698. The third-order valence-corrected chi connectivity index (χ3v) is 1.68.